The molecule has 27 heavy (non-hydrogen) atoms. The molecule has 1 heterocycles. The molecular formula is C20H30N3O4+. The van der Waals surface area contributed by atoms with E-state index in [4.69, 9.17) is 4.74 Å². The molecule has 1 fully saturated rings. The van der Waals surface area contributed by atoms with Crippen LogP contribution in [0.25, 0.3) is 0 Å². The first-order chi connectivity index (χ1) is 12.9. The highest BCUT2D eigenvalue weighted by Gasteiger charge is 2.30. The first-order valence-electron chi connectivity index (χ1n) is 9.53. The van der Waals surface area contributed by atoms with Crippen molar-refractivity contribution in [3.8, 4) is 0 Å². The van der Waals surface area contributed by atoms with E-state index in [0.29, 0.717) is 13.2 Å². The summed E-state index contributed by atoms with van der Waals surface area (Å²) in [6.07, 6.45) is 1.70. The van der Waals surface area contributed by atoms with Gasteiger partial charge in [0.15, 0.2) is 6.54 Å². The lowest BCUT2D eigenvalue weighted by Crippen LogP contribution is -3.14. The number of amides is 2. The number of hydrogen-bond acceptors (Lipinski definition) is 4. The highest BCUT2D eigenvalue weighted by atomic mass is 16.5. The van der Waals surface area contributed by atoms with Gasteiger partial charge in [-0.3, -0.25) is 14.4 Å². The van der Waals surface area contributed by atoms with Gasteiger partial charge >= 0.3 is 5.97 Å². The van der Waals surface area contributed by atoms with E-state index >= 15 is 0 Å². The Labute approximate surface area is 160 Å². The topological polar surface area (TPSA) is 88.9 Å². The van der Waals surface area contributed by atoms with Gasteiger partial charge in [0.1, 0.15) is 5.92 Å². The monoisotopic (exact) mass is 376 g/mol. The molecule has 1 aliphatic rings. The van der Waals surface area contributed by atoms with Crippen LogP contribution in [0.2, 0.25) is 0 Å². The number of aryl methyl sites for hydroxylation is 1. The maximum absolute atomic E-state index is 12.2. The summed E-state index contributed by atoms with van der Waals surface area (Å²) in [5.74, 6) is -0.766. The lowest BCUT2D eigenvalue weighted by Gasteiger charge is -2.28. The number of anilines is 1. The number of benzene rings is 1. The molecule has 1 aromatic carbocycles. The van der Waals surface area contributed by atoms with Crippen molar-refractivity contribution >= 4 is 23.5 Å². The number of esters is 1. The third-order valence-corrected chi connectivity index (χ3v) is 4.97. The van der Waals surface area contributed by atoms with Gasteiger partial charge in [0, 0.05) is 5.69 Å². The summed E-state index contributed by atoms with van der Waals surface area (Å²) in [6.45, 7) is 7.73. The van der Waals surface area contributed by atoms with Gasteiger partial charge in [0.2, 0.25) is 5.91 Å². The molecule has 2 rings (SSSR count). The van der Waals surface area contributed by atoms with Crippen LogP contribution in [0.1, 0.15) is 30.9 Å². The summed E-state index contributed by atoms with van der Waals surface area (Å²) in [7, 11) is 0. The number of carbonyl (C=O) groups excluding carboxylic acids is 3. The molecule has 0 spiro atoms. The van der Waals surface area contributed by atoms with E-state index in [1.807, 2.05) is 32.0 Å². The Bertz CT molecular complexity index is 690. The SMILES string of the molecule is CCOC(=O)[C@H]1CCC[NH+](CC(=O)NCC(=O)Nc2cccc(C)c2C)C1. The predicted octanol–water partition coefficient (Wildman–Crippen LogP) is 0.216. The Balaban J connectivity index is 1.76. The van der Waals surface area contributed by atoms with Crippen LogP contribution >= 0.6 is 0 Å². The highest BCUT2D eigenvalue weighted by molar-refractivity contribution is 5.95. The van der Waals surface area contributed by atoms with Crippen molar-refractivity contribution < 1.29 is 24.0 Å². The van der Waals surface area contributed by atoms with Gasteiger partial charge in [-0.25, -0.2) is 0 Å². The third kappa shape index (κ3) is 6.36. The zero-order chi connectivity index (χ0) is 19.8. The molecule has 7 nitrogen and oxygen atoms in total. The van der Waals surface area contributed by atoms with Gasteiger partial charge in [-0.05, 0) is 50.8 Å². The first-order valence-corrected chi connectivity index (χ1v) is 9.53. The Hall–Kier alpha value is -2.41. The molecule has 7 heteroatoms. The molecule has 1 aromatic rings. The number of carbonyl (C=O) groups is 3. The minimum absolute atomic E-state index is 0.0687. The Kier molecular flexibility index (Phi) is 7.79. The van der Waals surface area contributed by atoms with Crippen molar-refractivity contribution in [3.05, 3.63) is 29.3 Å². The number of rotatable bonds is 7. The van der Waals surface area contributed by atoms with E-state index in [2.05, 4.69) is 10.6 Å². The second-order valence-electron chi connectivity index (χ2n) is 7.04. The number of likely N-dealkylation sites (tertiary alicyclic amines) is 1. The molecule has 2 amide bonds. The summed E-state index contributed by atoms with van der Waals surface area (Å²) >= 11 is 0. The maximum atomic E-state index is 12.2. The molecule has 1 saturated heterocycles. The average Bonchev–Trinajstić information content (AvgIpc) is 2.64. The van der Waals surface area contributed by atoms with E-state index in [1.165, 1.54) is 0 Å². The standard InChI is InChI=1S/C20H29N3O4/c1-4-27-20(26)16-8-6-10-23(12-16)13-19(25)21-11-18(24)22-17-9-5-7-14(2)15(17)3/h5,7,9,16H,4,6,8,10-13H2,1-3H3,(H,21,25)(H,22,24)/p+1/t16-/m0/s1. The third-order valence-electron chi connectivity index (χ3n) is 4.97. The van der Waals surface area contributed by atoms with Crippen molar-refractivity contribution in [1.29, 1.82) is 0 Å². The molecule has 0 radical (unpaired) electrons. The molecular weight excluding hydrogens is 346 g/mol. The van der Waals surface area contributed by atoms with Crippen LogP contribution in [0.4, 0.5) is 5.69 Å². The van der Waals surface area contributed by atoms with Gasteiger partial charge in [0.05, 0.1) is 26.2 Å². The lowest BCUT2D eigenvalue weighted by atomic mass is 9.98. The quantitative estimate of drug-likeness (QED) is 0.594. The molecule has 1 unspecified atom stereocenters. The zero-order valence-corrected chi connectivity index (χ0v) is 16.4. The molecule has 148 valence electrons. The van der Waals surface area contributed by atoms with Crippen molar-refractivity contribution in [2.75, 3.05) is 38.1 Å². The summed E-state index contributed by atoms with van der Waals surface area (Å²) in [6, 6.07) is 5.71. The molecule has 2 atom stereocenters. The Morgan fingerprint density at radius 3 is 2.74 bits per heavy atom. The maximum Gasteiger partial charge on any atom is 0.314 e. The van der Waals surface area contributed by atoms with E-state index in [1.54, 1.807) is 6.92 Å². The summed E-state index contributed by atoms with van der Waals surface area (Å²) in [5, 5.41) is 5.49. The minimum atomic E-state index is -0.255. The van der Waals surface area contributed by atoms with Gasteiger partial charge < -0.3 is 20.3 Å². The average molecular weight is 376 g/mol. The molecule has 0 aliphatic carbocycles. The number of quaternary nitrogens is 1. The van der Waals surface area contributed by atoms with Gasteiger partial charge in [-0.1, -0.05) is 12.1 Å². The summed E-state index contributed by atoms with van der Waals surface area (Å²) in [4.78, 5) is 37.2. The number of piperidine rings is 1. The normalized spacial score (nSPS) is 19.2. The van der Waals surface area contributed by atoms with E-state index in [9.17, 15) is 14.4 Å². The van der Waals surface area contributed by atoms with Gasteiger partial charge in [-0.15, -0.1) is 0 Å². The van der Waals surface area contributed by atoms with Crippen LogP contribution in [0.5, 0.6) is 0 Å². The van der Waals surface area contributed by atoms with Gasteiger partial charge in [-0.2, -0.15) is 0 Å². The highest BCUT2D eigenvalue weighted by Crippen LogP contribution is 2.17. The number of hydrogen-bond donors (Lipinski definition) is 3. The molecule has 0 saturated carbocycles. The van der Waals surface area contributed by atoms with Crippen LogP contribution in [-0.2, 0) is 19.1 Å². The second kappa shape index (κ2) is 10.1. The fraction of sp³-hybridized carbons (Fsp3) is 0.550. The van der Waals surface area contributed by atoms with Crippen LogP contribution < -0.4 is 15.5 Å². The van der Waals surface area contributed by atoms with Crippen LogP contribution in [0.15, 0.2) is 18.2 Å². The van der Waals surface area contributed by atoms with Gasteiger partial charge in [0.25, 0.3) is 5.91 Å². The van der Waals surface area contributed by atoms with Crippen molar-refractivity contribution in [2.24, 2.45) is 5.92 Å². The smallest absolute Gasteiger partial charge is 0.314 e. The van der Waals surface area contributed by atoms with E-state index in [0.717, 1.165) is 41.1 Å². The first kappa shape index (κ1) is 20.9. The lowest BCUT2D eigenvalue weighted by molar-refractivity contribution is -0.899. The second-order valence-corrected chi connectivity index (χ2v) is 7.04. The molecule has 3 N–H and O–H groups in total. The number of nitrogens with one attached hydrogen (secondary N) is 3. The van der Waals surface area contributed by atoms with E-state index < -0.39 is 0 Å². The molecule has 1 aliphatic heterocycles. The molecule has 0 aromatic heterocycles. The molecule has 0 bridgehead atoms. The predicted molar refractivity (Wildman–Crippen MR) is 102 cm³/mol. The Morgan fingerprint density at radius 2 is 2.00 bits per heavy atom. The van der Waals surface area contributed by atoms with Crippen molar-refractivity contribution in [3.63, 3.8) is 0 Å². The van der Waals surface area contributed by atoms with Crippen LogP contribution in [-0.4, -0.2) is 50.6 Å². The summed E-state index contributed by atoms with van der Waals surface area (Å²) < 4.78 is 5.08. The number of ether oxygens (including phenoxy) is 1. The fourth-order valence-electron chi connectivity index (χ4n) is 3.32. The summed E-state index contributed by atoms with van der Waals surface area (Å²) in [5.41, 5.74) is 2.87. The minimum Gasteiger partial charge on any atom is -0.466 e. The van der Waals surface area contributed by atoms with Crippen molar-refractivity contribution in [2.45, 2.75) is 33.6 Å². The van der Waals surface area contributed by atoms with E-state index in [-0.39, 0.29) is 36.8 Å². The fourth-order valence-corrected chi connectivity index (χ4v) is 3.32. The van der Waals surface area contributed by atoms with Crippen LogP contribution in [0.3, 0.4) is 0 Å². The van der Waals surface area contributed by atoms with Crippen LogP contribution in [0, 0.1) is 19.8 Å². The Morgan fingerprint density at radius 1 is 1.22 bits per heavy atom. The largest absolute Gasteiger partial charge is 0.466 e. The zero-order valence-electron chi connectivity index (χ0n) is 16.4. The van der Waals surface area contributed by atoms with Crippen molar-refractivity contribution in [1.82, 2.24) is 5.32 Å².